The van der Waals surface area contributed by atoms with Crippen LogP contribution in [0.4, 0.5) is 4.39 Å². The average Bonchev–Trinajstić information content (AvgIpc) is 2.76. The van der Waals surface area contributed by atoms with Gasteiger partial charge in [-0.3, -0.25) is 0 Å². The zero-order valence-corrected chi connectivity index (χ0v) is 16.1. The van der Waals surface area contributed by atoms with Crippen LogP contribution in [0.25, 0.3) is 0 Å². The third-order valence-corrected chi connectivity index (χ3v) is 5.55. The first-order valence-corrected chi connectivity index (χ1v) is 8.75. The van der Waals surface area contributed by atoms with E-state index in [9.17, 15) is 14.3 Å². The SMILES string of the molecule is CN1C(=O)C(c2ccc(O)cc2)(c2ccc(F)c(Br)c2)N=C1[AsH2]. The molecule has 1 aliphatic heterocycles. The Bertz CT molecular complexity index is 825. The number of rotatable bonds is 2. The second kappa shape index (κ2) is 5.77. The minimum absolute atomic E-state index is 0.105. The molecule has 2 atom stereocenters. The van der Waals surface area contributed by atoms with E-state index in [0.29, 0.717) is 15.8 Å². The normalized spacial score (nSPS) is 20.8. The van der Waals surface area contributed by atoms with Gasteiger partial charge in [0, 0.05) is 0 Å². The Morgan fingerprint density at radius 1 is 1.22 bits per heavy atom. The maximum absolute atomic E-state index is 13.6. The summed E-state index contributed by atoms with van der Waals surface area (Å²) in [5, 5.41) is 9.52. The first kappa shape index (κ1) is 16.2. The van der Waals surface area contributed by atoms with Crippen molar-refractivity contribution in [3.05, 3.63) is 63.9 Å². The molecule has 3 rings (SSSR count). The van der Waals surface area contributed by atoms with E-state index in [-0.39, 0.29) is 16.1 Å². The number of phenolic OH excluding ortho intramolecular Hbond substituents is 1. The van der Waals surface area contributed by atoms with Gasteiger partial charge in [-0.25, -0.2) is 0 Å². The molecule has 1 aliphatic rings. The molecule has 0 radical (unpaired) electrons. The minimum atomic E-state index is -1.26. The van der Waals surface area contributed by atoms with Crippen molar-refractivity contribution in [1.82, 2.24) is 4.90 Å². The monoisotopic (exact) mass is 438 g/mol. The van der Waals surface area contributed by atoms with Gasteiger partial charge in [-0.15, -0.1) is 0 Å². The molecular weight excluding hydrogens is 426 g/mol. The second-order valence-corrected chi connectivity index (χ2v) is 7.16. The van der Waals surface area contributed by atoms with Crippen molar-refractivity contribution in [3.63, 3.8) is 0 Å². The van der Waals surface area contributed by atoms with Crippen LogP contribution in [-0.4, -0.2) is 44.4 Å². The van der Waals surface area contributed by atoms with E-state index in [2.05, 4.69) is 20.9 Å². The van der Waals surface area contributed by atoms with Crippen molar-refractivity contribution >= 4 is 43.3 Å². The van der Waals surface area contributed by atoms with E-state index in [0.717, 1.165) is 0 Å². The number of carbonyl (C=O) groups excluding carboxylic acids is 1. The van der Waals surface area contributed by atoms with Gasteiger partial charge in [-0.05, 0) is 0 Å². The Hall–Kier alpha value is -1.65. The molecule has 0 aromatic heterocycles. The van der Waals surface area contributed by atoms with E-state index < -0.39 is 11.4 Å². The first-order valence-electron chi connectivity index (χ1n) is 6.75. The van der Waals surface area contributed by atoms with Gasteiger partial charge in [0.1, 0.15) is 0 Å². The average molecular weight is 439 g/mol. The fourth-order valence-corrected chi connectivity index (χ4v) is 3.64. The molecule has 0 saturated heterocycles. The summed E-state index contributed by atoms with van der Waals surface area (Å²) in [5.74, 6) is -0.507. The van der Waals surface area contributed by atoms with Crippen molar-refractivity contribution < 1.29 is 14.3 Å². The molecule has 2 aromatic rings. The fraction of sp³-hybridized carbons (Fsp3) is 0.125. The van der Waals surface area contributed by atoms with Crippen molar-refractivity contribution in [2.24, 2.45) is 4.99 Å². The number of carbonyl (C=O) groups is 1. The van der Waals surface area contributed by atoms with Crippen LogP contribution < -0.4 is 0 Å². The van der Waals surface area contributed by atoms with Crippen molar-refractivity contribution in [2.45, 2.75) is 5.54 Å². The van der Waals surface area contributed by atoms with Crippen LogP contribution in [-0.2, 0) is 10.3 Å². The Morgan fingerprint density at radius 3 is 2.35 bits per heavy atom. The Balaban J connectivity index is 2.29. The number of aromatic hydroxyl groups is 1. The molecule has 7 heteroatoms. The number of benzene rings is 2. The number of hydrogen-bond donors (Lipinski definition) is 1. The Labute approximate surface area is 149 Å². The molecular formula is C16H13AsBrFN2O2. The molecule has 23 heavy (non-hydrogen) atoms. The summed E-state index contributed by atoms with van der Waals surface area (Å²) in [6.07, 6.45) is 0. The number of likely N-dealkylation sites (N-methyl/N-ethyl adjacent to an activating group) is 1. The topological polar surface area (TPSA) is 52.9 Å². The second-order valence-electron chi connectivity index (χ2n) is 5.22. The molecule has 118 valence electrons. The third-order valence-electron chi connectivity index (χ3n) is 3.86. The zero-order chi connectivity index (χ0) is 16.8. The van der Waals surface area contributed by atoms with Crippen molar-refractivity contribution in [3.8, 4) is 5.75 Å². The quantitative estimate of drug-likeness (QED) is 0.729. The van der Waals surface area contributed by atoms with Crippen LogP contribution in [0.15, 0.2) is 51.9 Å². The molecule has 1 N–H and O–H groups in total. The van der Waals surface area contributed by atoms with Crippen LogP contribution in [0.3, 0.4) is 0 Å². The molecule has 2 unspecified atom stereocenters. The van der Waals surface area contributed by atoms with Crippen molar-refractivity contribution in [2.75, 3.05) is 7.05 Å². The molecule has 0 saturated carbocycles. The summed E-state index contributed by atoms with van der Waals surface area (Å²) in [5.41, 5.74) is -0.0657. The molecule has 1 heterocycles. The zero-order valence-electron chi connectivity index (χ0n) is 12.1. The van der Waals surface area contributed by atoms with Crippen molar-refractivity contribution in [1.29, 1.82) is 0 Å². The van der Waals surface area contributed by atoms with Crippen LogP contribution in [0.5, 0.6) is 5.75 Å². The predicted octanol–water partition coefficient (Wildman–Crippen LogP) is 2.00. The number of halogens is 2. The fourth-order valence-electron chi connectivity index (χ4n) is 2.61. The molecule has 0 aliphatic carbocycles. The summed E-state index contributed by atoms with van der Waals surface area (Å²) < 4.78 is 14.5. The third kappa shape index (κ3) is 2.50. The van der Waals surface area contributed by atoms with Crippen LogP contribution in [0, 0.1) is 5.82 Å². The number of nitrogens with zero attached hydrogens (tertiary/aromatic N) is 2. The first-order chi connectivity index (χ1) is 10.9. The number of hydrogen-bond acceptors (Lipinski definition) is 3. The van der Waals surface area contributed by atoms with Crippen LogP contribution >= 0.6 is 15.9 Å². The summed E-state index contributed by atoms with van der Waals surface area (Å²) in [4.78, 5) is 19.1. The van der Waals surface area contributed by atoms with Gasteiger partial charge >= 0.3 is 150 Å². The van der Waals surface area contributed by atoms with E-state index >= 15 is 0 Å². The molecule has 1 amide bonds. The number of amidine groups is 1. The van der Waals surface area contributed by atoms with E-state index in [1.165, 1.54) is 40.0 Å². The van der Waals surface area contributed by atoms with Gasteiger partial charge in [0.2, 0.25) is 0 Å². The Morgan fingerprint density at radius 2 is 1.83 bits per heavy atom. The van der Waals surface area contributed by atoms with E-state index in [1.807, 2.05) is 0 Å². The molecule has 2 aromatic carbocycles. The standard InChI is InChI=1S/C16H13AsBrFN2O2/c1-21-14(23)16(20-15(21)17,9-2-5-11(22)6-3-9)10-4-7-13(19)12(18)8-10/h2-8,22H,17H2,1H3. The summed E-state index contributed by atoms with van der Waals surface area (Å²) >= 11 is 4.40. The van der Waals surface area contributed by atoms with Crippen LogP contribution in [0.2, 0.25) is 0 Å². The van der Waals surface area contributed by atoms with Gasteiger partial charge in [0.15, 0.2) is 0 Å². The number of phenols is 1. The number of amides is 1. The Kier molecular flexibility index (Phi) is 4.06. The molecule has 0 spiro atoms. The van der Waals surface area contributed by atoms with Gasteiger partial charge in [-0.1, -0.05) is 0 Å². The number of aliphatic imine (C=N–C) groups is 1. The molecule has 4 nitrogen and oxygen atoms in total. The van der Waals surface area contributed by atoms with Gasteiger partial charge < -0.3 is 0 Å². The predicted molar refractivity (Wildman–Crippen MR) is 91.7 cm³/mol. The van der Waals surface area contributed by atoms with E-state index in [4.69, 9.17) is 0 Å². The van der Waals surface area contributed by atoms with Gasteiger partial charge in [-0.2, -0.15) is 0 Å². The summed E-state index contributed by atoms with van der Waals surface area (Å²) in [6, 6.07) is 10.8. The van der Waals surface area contributed by atoms with Crippen LogP contribution in [0.1, 0.15) is 11.1 Å². The summed E-state index contributed by atoms with van der Waals surface area (Å²) in [7, 11) is 1.67. The summed E-state index contributed by atoms with van der Waals surface area (Å²) in [6.45, 7) is 0. The van der Waals surface area contributed by atoms with Gasteiger partial charge in [0.05, 0.1) is 0 Å². The van der Waals surface area contributed by atoms with Gasteiger partial charge in [0.25, 0.3) is 0 Å². The maximum atomic E-state index is 13.6. The molecule has 0 fully saturated rings. The van der Waals surface area contributed by atoms with E-state index in [1.54, 1.807) is 31.3 Å². The molecule has 0 bridgehead atoms.